The predicted molar refractivity (Wildman–Crippen MR) is 115 cm³/mol. The summed E-state index contributed by atoms with van der Waals surface area (Å²) in [6, 6.07) is 8.50. The van der Waals surface area contributed by atoms with E-state index < -0.39 is 0 Å². The normalized spacial score (nSPS) is 15.0. The highest BCUT2D eigenvalue weighted by Gasteiger charge is 2.22. The maximum atomic E-state index is 14.4. The average molecular weight is 426 g/mol. The first-order chi connectivity index (χ1) is 15.1. The van der Waals surface area contributed by atoms with E-state index >= 15 is 0 Å². The maximum absolute atomic E-state index is 14.4. The van der Waals surface area contributed by atoms with E-state index in [0.29, 0.717) is 54.7 Å². The van der Waals surface area contributed by atoms with Gasteiger partial charge >= 0.3 is 0 Å². The Morgan fingerprint density at radius 2 is 2.26 bits per heavy atom. The van der Waals surface area contributed by atoms with Gasteiger partial charge in [0, 0.05) is 6.54 Å². The molecule has 1 saturated carbocycles. The van der Waals surface area contributed by atoms with Crippen LogP contribution in [0, 0.1) is 11.7 Å². The number of aliphatic imine (C=N–C) groups is 1. The Morgan fingerprint density at radius 3 is 2.97 bits per heavy atom. The smallest absolute Gasteiger partial charge is 0.216 e. The lowest BCUT2D eigenvalue weighted by Crippen LogP contribution is -2.38. The summed E-state index contributed by atoms with van der Waals surface area (Å²) in [6.07, 6.45) is 3.92. The van der Waals surface area contributed by atoms with Crippen LogP contribution in [0.5, 0.6) is 5.75 Å². The summed E-state index contributed by atoms with van der Waals surface area (Å²) in [4.78, 5) is 8.94. The van der Waals surface area contributed by atoms with Crippen molar-refractivity contribution in [2.75, 3.05) is 13.2 Å². The zero-order valence-corrected chi connectivity index (χ0v) is 17.7. The van der Waals surface area contributed by atoms with Crippen LogP contribution in [0.2, 0.25) is 0 Å². The lowest BCUT2D eigenvalue weighted by Gasteiger charge is -2.19. The molecule has 1 fully saturated rings. The fraction of sp³-hybridized carbons (Fsp3) is 0.409. The predicted octanol–water partition coefficient (Wildman–Crippen LogP) is 3.81. The molecule has 31 heavy (non-hydrogen) atoms. The first-order valence-corrected chi connectivity index (χ1v) is 10.5. The zero-order valence-electron chi connectivity index (χ0n) is 17.7. The van der Waals surface area contributed by atoms with Crippen LogP contribution in [0.25, 0.3) is 11.6 Å². The molecule has 1 unspecified atom stereocenters. The Balaban J connectivity index is 1.38. The molecule has 1 aliphatic carbocycles. The van der Waals surface area contributed by atoms with Crippen LogP contribution in [-0.2, 0) is 6.54 Å². The molecule has 1 aromatic carbocycles. The fourth-order valence-electron chi connectivity index (χ4n) is 3.04. The van der Waals surface area contributed by atoms with Crippen molar-refractivity contribution >= 4 is 5.96 Å². The number of ether oxygens (including phenoxy) is 1. The van der Waals surface area contributed by atoms with Gasteiger partial charge in [-0.25, -0.2) is 14.4 Å². The van der Waals surface area contributed by atoms with Gasteiger partial charge in [-0.05, 0) is 62.4 Å². The Bertz CT molecular complexity index is 1010. The molecule has 0 amide bonds. The molecule has 164 valence electrons. The molecule has 3 aromatic rings. The van der Waals surface area contributed by atoms with Crippen molar-refractivity contribution in [2.45, 2.75) is 39.3 Å². The first kappa shape index (κ1) is 20.9. The standard InChI is InChI=1S/C22H27FN6O2/c1-3-24-22(25-12-20-27-21(29-28-20)19-5-4-10-30-19)26-14(2)16-8-9-18(17(23)11-16)31-13-15-6-7-15/h4-5,8-11,14-15H,3,6-7,12-13H2,1-2H3,(H2,24,25,26)(H,27,28,29). The van der Waals surface area contributed by atoms with Crippen molar-refractivity contribution in [3.05, 3.63) is 53.8 Å². The molecule has 0 bridgehead atoms. The second-order valence-corrected chi connectivity index (χ2v) is 7.59. The quantitative estimate of drug-likeness (QED) is 0.355. The molecule has 8 nitrogen and oxygen atoms in total. The molecule has 0 saturated heterocycles. The minimum absolute atomic E-state index is 0.154. The minimum atomic E-state index is -0.346. The van der Waals surface area contributed by atoms with Crippen LogP contribution < -0.4 is 15.4 Å². The zero-order chi connectivity index (χ0) is 21.6. The highest BCUT2D eigenvalue weighted by Crippen LogP contribution is 2.30. The molecule has 0 aliphatic heterocycles. The molecule has 0 radical (unpaired) electrons. The monoisotopic (exact) mass is 426 g/mol. The van der Waals surface area contributed by atoms with Crippen LogP contribution in [0.4, 0.5) is 4.39 Å². The number of furan rings is 1. The van der Waals surface area contributed by atoms with E-state index in [4.69, 9.17) is 9.15 Å². The lowest BCUT2D eigenvalue weighted by molar-refractivity contribution is 0.285. The molecule has 2 aromatic heterocycles. The molecular formula is C22H27FN6O2. The summed E-state index contributed by atoms with van der Waals surface area (Å²) in [5.74, 6) is 2.83. The topological polar surface area (TPSA) is 100 Å². The number of halogens is 1. The summed E-state index contributed by atoms with van der Waals surface area (Å²) in [5, 5.41) is 13.5. The maximum Gasteiger partial charge on any atom is 0.216 e. The fourth-order valence-corrected chi connectivity index (χ4v) is 3.04. The molecule has 9 heteroatoms. The van der Waals surface area contributed by atoms with E-state index in [9.17, 15) is 4.39 Å². The second kappa shape index (κ2) is 9.63. The number of hydrogen-bond acceptors (Lipinski definition) is 5. The van der Waals surface area contributed by atoms with Gasteiger partial charge < -0.3 is 19.8 Å². The van der Waals surface area contributed by atoms with Crippen molar-refractivity contribution in [1.29, 1.82) is 0 Å². The van der Waals surface area contributed by atoms with E-state index in [-0.39, 0.29) is 11.9 Å². The van der Waals surface area contributed by atoms with E-state index in [1.807, 2.05) is 19.9 Å². The molecule has 2 heterocycles. The number of rotatable bonds is 9. The summed E-state index contributed by atoms with van der Waals surface area (Å²) in [7, 11) is 0. The Labute approximate surface area is 180 Å². The van der Waals surface area contributed by atoms with Gasteiger partial charge in [0.2, 0.25) is 5.82 Å². The minimum Gasteiger partial charge on any atom is -0.490 e. The highest BCUT2D eigenvalue weighted by atomic mass is 19.1. The van der Waals surface area contributed by atoms with Crippen LogP contribution in [0.3, 0.4) is 0 Å². The van der Waals surface area contributed by atoms with Crippen molar-refractivity contribution < 1.29 is 13.5 Å². The lowest BCUT2D eigenvalue weighted by atomic mass is 10.1. The van der Waals surface area contributed by atoms with Gasteiger partial charge in [-0.15, -0.1) is 5.10 Å². The Hall–Kier alpha value is -3.36. The number of guanidine groups is 1. The Kier molecular flexibility index (Phi) is 6.49. The SMILES string of the molecule is CCNC(=NCc1nc(-c2ccco2)n[nH]1)NC(C)c1ccc(OCC2CC2)c(F)c1. The second-order valence-electron chi connectivity index (χ2n) is 7.59. The van der Waals surface area contributed by atoms with Gasteiger partial charge in [0.25, 0.3) is 0 Å². The summed E-state index contributed by atoms with van der Waals surface area (Å²) >= 11 is 0. The molecular weight excluding hydrogens is 399 g/mol. The number of H-pyrrole nitrogens is 1. The third-order valence-electron chi connectivity index (χ3n) is 4.99. The molecule has 3 N–H and O–H groups in total. The Morgan fingerprint density at radius 1 is 1.39 bits per heavy atom. The number of aromatic nitrogens is 3. The van der Waals surface area contributed by atoms with Gasteiger partial charge in [0.05, 0.1) is 18.9 Å². The van der Waals surface area contributed by atoms with E-state index in [1.54, 1.807) is 24.5 Å². The molecule has 0 spiro atoms. The van der Waals surface area contributed by atoms with Gasteiger partial charge in [0.15, 0.2) is 23.3 Å². The third-order valence-corrected chi connectivity index (χ3v) is 4.99. The molecule has 4 rings (SSSR count). The van der Waals surface area contributed by atoms with Gasteiger partial charge in [-0.3, -0.25) is 5.10 Å². The van der Waals surface area contributed by atoms with Crippen molar-refractivity contribution in [3.8, 4) is 17.3 Å². The van der Waals surface area contributed by atoms with Gasteiger partial charge in [0.1, 0.15) is 12.4 Å². The summed E-state index contributed by atoms with van der Waals surface area (Å²) in [5.41, 5.74) is 0.807. The van der Waals surface area contributed by atoms with Crippen LogP contribution in [0.1, 0.15) is 44.1 Å². The summed E-state index contributed by atoms with van der Waals surface area (Å²) in [6.45, 7) is 5.52. The number of aromatic amines is 1. The number of nitrogens with zero attached hydrogens (tertiary/aromatic N) is 3. The van der Waals surface area contributed by atoms with Gasteiger partial charge in [-0.2, -0.15) is 0 Å². The van der Waals surface area contributed by atoms with Crippen molar-refractivity contribution in [1.82, 2.24) is 25.8 Å². The van der Waals surface area contributed by atoms with Crippen LogP contribution >= 0.6 is 0 Å². The van der Waals surface area contributed by atoms with E-state index in [0.717, 1.165) is 5.56 Å². The number of hydrogen-bond donors (Lipinski definition) is 3. The van der Waals surface area contributed by atoms with E-state index in [2.05, 4.69) is 30.8 Å². The van der Waals surface area contributed by atoms with Crippen LogP contribution in [-0.4, -0.2) is 34.3 Å². The van der Waals surface area contributed by atoms with Crippen molar-refractivity contribution in [2.24, 2.45) is 10.9 Å². The molecule has 1 atom stereocenters. The summed E-state index contributed by atoms with van der Waals surface area (Å²) < 4.78 is 25.3. The average Bonchev–Trinajstić information content (AvgIpc) is 3.23. The number of nitrogens with one attached hydrogen (secondary N) is 3. The number of benzene rings is 1. The third kappa shape index (κ3) is 5.62. The van der Waals surface area contributed by atoms with E-state index in [1.165, 1.54) is 18.9 Å². The van der Waals surface area contributed by atoms with Crippen molar-refractivity contribution in [3.63, 3.8) is 0 Å². The highest BCUT2D eigenvalue weighted by molar-refractivity contribution is 5.80. The first-order valence-electron chi connectivity index (χ1n) is 10.5. The van der Waals surface area contributed by atoms with Gasteiger partial charge in [-0.1, -0.05) is 6.07 Å². The molecule has 1 aliphatic rings. The largest absolute Gasteiger partial charge is 0.490 e. The van der Waals surface area contributed by atoms with Crippen LogP contribution in [0.15, 0.2) is 46.0 Å².